The van der Waals surface area contributed by atoms with Crippen LogP contribution in [0.15, 0.2) is 23.2 Å². The molecule has 0 saturated carbocycles. The van der Waals surface area contributed by atoms with Crippen LogP contribution in [-0.2, 0) is 4.79 Å². The van der Waals surface area contributed by atoms with Crippen LogP contribution in [0, 0.1) is 0 Å². The van der Waals surface area contributed by atoms with E-state index in [1.165, 1.54) is 0 Å². The third-order valence-electron chi connectivity index (χ3n) is 2.87. The average molecular weight is 456 g/mol. The number of amides is 1. The first kappa shape index (κ1) is 20.2. The van der Waals surface area contributed by atoms with Crippen LogP contribution in [-0.4, -0.2) is 44.6 Å². The third kappa shape index (κ3) is 6.72. The van der Waals surface area contributed by atoms with Gasteiger partial charge in [0.05, 0.1) is 19.8 Å². The Morgan fingerprint density at radius 2 is 2.00 bits per heavy atom. The van der Waals surface area contributed by atoms with Crippen molar-refractivity contribution in [1.82, 2.24) is 5.32 Å². The number of ether oxygens (including phenoxy) is 2. The molecule has 0 atom stereocenters. The van der Waals surface area contributed by atoms with Gasteiger partial charge in [0.15, 0.2) is 17.5 Å². The topological polar surface area (TPSA) is 98.0 Å². The molecule has 1 heterocycles. The number of nitrogens with zero attached hydrogens (tertiary/aromatic N) is 1. The molecule has 7 nitrogen and oxygen atoms in total. The van der Waals surface area contributed by atoms with Gasteiger partial charge in [-0.25, -0.2) is 13.8 Å². The van der Waals surface area contributed by atoms with Crippen molar-refractivity contribution in [3.8, 4) is 11.5 Å². The maximum Gasteiger partial charge on any atom is 0.255 e. The fraction of sp³-hybridized carbons (Fsp3) is 0.429. The molecule has 2 rings (SSSR count). The molecule has 1 amide bonds. The molecule has 0 aromatic heterocycles. The minimum absolute atomic E-state index is 0. The number of aliphatic imine (C=N–C) groups is 1. The van der Waals surface area contributed by atoms with Crippen molar-refractivity contribution in [3.63, 3.8) is 0 Å². The number of rotatable bonds is 5. The zero-order chi connectivity index (χ0) is 16.7. The van der Waals surface area contributed by atoms with Crippen LogP contribution in [0.4, 0.5) is 14.5 Å². The van der Waals surface area contributed by atoms with Crippen molar-refractivity contribution in [1.29, 1.82) is 0 Å². The SMILES string of the molecule is I.NC(=NCC(=O)NCC(F)F)Nc1ccc2c(c1)OCCCO2. The van der Waals surface area contributed by atoms with Gasteiger partial charge in [0.2, 0.25) is 5.91 Å². The van der Waals surface area contributed by atoms with Crippen molar-refractivity contribution in [2.75, 3.05) is 31.6 Å². The van der Waals surface area contributed by atoms with Gasteiger partial charge in [-0.2, -0.15) is 0 Å². The summed E-state index contributed by atoms with van der Waals surface area (Å²) in [6.45, 7) is 0.112. The standard InChI is InChI=1S/C14H18F2N4O3.HI/c15-12(16)7-18-13(21)8-19-14(17)20-9-2-3-10-11(6-9)23-5-1-4-22-10;/h2-3,6,12H,1,4-5,7-8H2,(H,18,21)(H3,17,19,20);1H. The van der Waals surface area contributed by atoms with Gasteiger partial charge in [0.1, 0.15) is 6.54 Å². The molecule has 0 unspecified atom stereocenters. The average Bonchev–Trinajstić information content (AvgIpc) is 2.75. The molecular formula is C14H19F2IN4O3. The molecule has 0 bridgehead atoms. The minimum atomic E-state index is -2.60. The molecule has 1 aromatic rings. The van der Waals surface area contributed by atoms with Gasteiger partial charge in [0, 0.05) is 18.2 Å². The first-order valence-electron chi connectivity index (χ1n) is 7.06. The Hall–Kier alpha value is -1.85. The first-order chi connectivity index (χ1) is 11.0. The number of nitrogens with two attached hydrogens (primary N) is 1. The highest BCUT2D eigenvalue weighted by atomic mass is 127. The number of hydrogen-bond acceptors (Lipinski definition) is 4. The number of hydrogen-bond donors (Lipinski definition) is 3. The van der Waals surface area contributed by atoms with E-state index in [2.05, 4.69) is 10.3 Å². The lowest BCUT2D eigenvalue weighted by molar-refractivity contribution is -0.120. The van der Waals surface area contributed by atoms with E-state index in [1.54, 1.807) is 18.2 Å². The number of guanidine groups is 1. The van der Waals surface area contributed by atoms with Crippen LogP contribution < -0.4 is 25.8 Å². The van der Waals surface area contributed by atoms with E-state index in [4.69, 9.17) is 15.2 Å². The maximum atomic E-state index is 11.9. The number of carbonyl (C=O) groups excluding carboxylic acids is 1. The van der Waals surface area contributed by atoms with Crippen molar-refractivity contribution >= 4 is 41.5 Å². The number of fused-ring (bicyclic) bond motifs is 1. The Kier molecular flexibility index (Phi) is 8.50. The largest absolute Gasteiger partial charge is 0.490 e. The molecule has 0 spiro atoms. The van der Waals surface area contributed by atoms with E-state index in [-0.39, 0.29) is 36.5 Å². The lowest BCUT2D eigenvalue weighted by Crippen LogP contribution is -2.32. The normalized spacial score (nSPS) is 13.7. The van der Waals surface area contributed by atoms with Gasteiger partial charge in [-0.1, -0.05) is 0 Å². The van der Waals surface area contributed by atoms with Crippen LogP contribution in [0.3, 0.4) is 0 Å². The summed E-state index contributed by atoms with van der Waals surface area (Å²) in [6, 6.07) is 5.18. The minimum Gasteiger partial charge on any atom is -0.490 e. The lowest BCUT2D eigenvalue weighted by atomic mass is 10.3. The molecule has 0 fully saturated rings. The van der Waals surface area contributed by atoms with Crippen molar-refractivity contribution in [2.45, 2.75) is 12.8 Å². The molecule has 24 heavy (non-hydrogen) atoms. The highest BCUT2D eigenvalue weighted by molar-refractivity contribution is 14.0. The molecule has 134 valence electrons. The van der Waals surface area contributed by atoms with Crippen molar-refractivity contribution in [3.05, 3.63) is 18.2 Å². The van der Waals surface area contributed by atoms with E-state index in [0.717, 1.165) is 6.42 Å². The molecule has 1 aliphatic rings. The van der Waals surface area contributed by atoms with E-state index in [0.29, 0.717) is 30.4 Å². The number of carbonyl (C=O) groups is 1. The highest BCUT2D eigenvalue weighted by Gasteiger charge is 2.11. The molecule has 4 N–H and O–H groups in total. The van der Waals surface area contributed by atoms with Gasteiger partial charge in [0.25, 0.3) is 6.43 Å². The summed E-state index contributed by atoms with van der Waals surface area (Å²) in [5.41, 5.74) is 6.27. The molecule has 10 heteroatoms. The van der Waals surface area contributed by atoms with Crippen LogP contribution in [0.25, 0.3) is 0 Å². The number of halogens is 3. The van der Waals surface area contributed by atoms with Gasteiger partial charge >= 0.3 is 0 Å². The van der Waals surface area contributed by atoms with Gasteiger partial charge in [-0.05, 0) is 12.1 Å². The number of benzene rings is 1. The summed E-state index contributed by atoms with van der Waals surface area (Å²) >= 11 is 0. The Balaban J connectivity index is 0.00000288. The quantitative estimate of drug-likeness (QED) is 0.355. The molecule has 0 aliphatic carbocycles. The molecule has 1 aromatic carbocycles. The lowest BCUT2D eigenvalue weighted by Gasteiger charge is -2.10. The Labute approximate surface area is 155 Å². The predicted octanol–water partition coefficient (Wildman–Crippen LogP) is 1.57. The molecule has 0 saturated heterocycles. The molecule has 0 radical (unpaired) electrons. The smallest absolute Gasteiger partial charge is 0.255 e. The van der Waals surface area contributed by atoms with E-state index >= 15 is 0 Å². The number of alkyl halides is 2. The summed E-state index contributed by atoms with van der Waals surface area (Å²) in [6.07, 6.45) is -1.80. The molecular weight excluding hydrogens is 437 g/mol. The van der Waals surface area contributed by atoms with E-state index in [9.17, 15) is 13.6 Å². The van der Waals surface area contributed by atoms with E-state index < -0.39 is 18.9 Å². The summed E-state index contributed by atoms with van der Waals surface area (Å²) < 4.78 is 34.9. The van der Waals surface area contributed by atoms with Gasteiger partial charge in [-0.3, -0.25) is 4.79 Å². The summed E-state index contributed by atoms with van der Waals surface area (Å²) in [5.74, 6) is 0.602. The number of nitrogens with one attached hydrogen (secondary N) is 2. The summed E-state index contributed by atoms with van der Waals surface area (Å²) in [4.78, 5) is 15.0. The van der Waals surface area contributed by atoms with Crippen LogP contribution in [0.1, 0.15) is 6.42 Å². The zero-order valence-corrected chi connectivity index (χ0v) is 15.1. The Morgan fingerprint density at radius 3 is 2.71 bits per heavy atom. The summed E-state index contributed by atoms with van der Waals surface area (Å²) in [7, 11) is 0. The monoisotopic (exact) mass is 456 g/mol. The predicted molar refractivity (Wildman–Crippen MR) is 96.6 cm³/mol. The van der Waals surface area contributed by atoms with Gasteiger partial charge < -0.3 is 25.8 Å². The highest BCUT2D eigenvalue weighted by Crippen LogP contribution is 2.32. The summed E-state index contributed by atoms with van der Waals surface area (Å²) in [5, 5.41) is 4.83. The fourth-order valence-electron chi connectivity index (χ4n) is 1.83. The fourth-order valence-corrected chi connectivity index (χ4v) is 1.83. The maximum absolute atomic E-state index is 11.9. The Bertz CT molecular complexity index is 587. The first-order valence-corrected chi connectivity index (χ1v) is 7.06. The number of anilines is 1. The zero-order valence-electron chi connectivity index (χ0n) is 12.8. The van der Waals surface area contributed by atoms with Gasteiger partial charge in [-0.15, -0.1) is 24.0 Å². The van der Waals surface area contributed by atoms with Crippen LogP contribution in [0.5, 0.6) is 11.5 Å². The second-order valence-electron chi connectivity index (χ2n) is 4.73. The molecule has 1 aliphatic heterocycles. The van der Waals surface area contributed by atoms with Crippen molar-refractivity contribution < 1.29 is 23.0 Å². The second kappa shape index (κ2) is 10.1. The van der Waals surface area contributed by atoms with Crippen molar-refractivity contribution in [2.24, 2.45) is 10.7 Å². The van der Waals surface area contributed by atoms with E-state index in [1.807, 2.05) is 5.32 Å². The van der Waals surface area contributed by atoms with Crippen LogP contribution >= 0.6 is 24.0 Å². The second-order valence-corrected chi connectivity index (χ2v) is 4.73. The third-order valence-corrected chi connectivity index (χ3v) is 2.87. The Morgan fingerprint density at radius 1 is 1.29 bits per heavy atom. The van der Waals surface area contributed by atoms with Crippen LogP contribution in [0.2, 0.25) is 0 Å².